The van der Waals surface area contributed by atoms with Gasteiger partial charge >= 0.3 is 0 Å². The van der Waals surface area contributed by atoms with Crippen molar-refractivity contribution in [3.05, 3.63) is 0 Å². The molecular formula is C33H68O. The highest BCUT2D eigenvalue weighted by Gasteiger charge is 2.08. The summed E-state index contributed by atoms with van der Waals surface area (Å²) in [6, 6.07) is 0. The smallest absolute Gasteiger partial charge is 0.0431 e. The monoisotopic (exact) mass is 481 g/mol. The second-order valence-corrected chi connectivity index (χ2v) is 11.4. The van der Waals surface area contributed by atoms with Gasteiger partial charge in [-0.05, 0) is 12.3 Å². The Morgan fingerprint density at radius 1 is 0.324 bits per heavy atom. The van der Waals surface area contributed by atoms with Crippen molar-refractivity contribution in [3.63, 3.8) is 0 Å². The summed E-state index contributed by atoms with van der Waals surface area (Å²) >= 11 is 0. The van der Waals surface area contributed by atoms with Crippen molar-refractivity contribution in [1.82, 2.24) is 0 Å². The van der Waals surface area contributed by atoms with Crippen molar-refractivity contribution in [2.75, 3.05) is 6.61 Å². The topological polar surface area (TPSA) is 20.2 Å². The van der Waals surface area contributed by atoms with Crippen LogP contribution in [0.15, 0.2) is 0 Å². The van der Waals surface area contributed by atoms with Crippen LogP contribution in [0.25, 0.3) is 0 Å². The molecule has 0 radical (unpaired) electrons. The van der Waals surface area contributed by atoms with Gasteiger partial charge in [-0.2, -0.15) is 0 Å². The molecule has 0 saturated carbocycles. The van der Waals surface area contributed by atoms with Gasteiger partial charge in [-0.15, -0.1) is 0 Å². The molecule has 0 aromatic rings. The molecule has 0 aliphatic rings. The summed E-state index contributed by atoms with van der Waals surface area (Å²) in [6.07, 6.45) is 41.3. The third-order valence-electron chi connectivity index (χ3n) is 7.95. The second-order valence-electron chi connectivity index (χ2n) is 11.4. The maximum Gasteiger partial charge on any atom is 0.0431 e. The summed E-state index contributed by atoms with van der Waals surface area (Å²) in [6.45, 7) is 4.98. The highest BCUT2D eigenvalue weighted by Crippen LogP contribution is 2.24. The SMILES string of the molecule is CCCCCCCCCCCCCCC(CCCCO)CCCCCCCCCCCCCC. The normalized spacial score (nSPS) is 11.6. The number of aliphatic hydroxyl groups excluding tert-OH is 1. The largest absolute Gasteiger partial charge is 0.396 e. The minimum absolute atomic E-state index is 0.379. The van der Waals surface area contributed by atoms with Gasteiger partial charge in [0.2, 0.25) is 0 Å². The van der Waals surface area contributed by atoms with Gasteiger partial charge in [0.05, 0.1) is 0 Å². The standard InChI is InChI=1S/C33H68O/c1-3-5-7-9-11-13-15-17-19-21-23-25-29-33(31-27-28-32-34)30-26-24-22-20-18-16-14-12-10-8-6-4-2/h33-34H,3-32H2,1-2H3. The molecule has 0 saturated heterocycles. The molecule has 1 N–H and O–H groups in total. The van der Waals surface area contributed by atoms with E-state index in [1.807, 2.05) is 0 Å². The van der Waals surface area contributed by atoms with Crippen molar-refractivity contribution < 1.29 is 5.11 Å². The quantitative estimate of drug-likeness (QED) is 0.101. The fraction of sp³-hybridized carbons (Fsp3) is 1.00. The van der Waals surface area contributed by atoms with Crippen LogP contribution in [0.1, 0.15) is 200 Å². The summed E-state index contributed by atoms with van der Waals surface area (Å²) in [5, 5.41) is 9.16. The molecule has 0 amide bonds. The molecule has 0 bridgehead atoms. The summed E-state index contributed by atoms with van der Waals surface area (Å²) < 4.78 is 0. The fourth-order valence-corrected chi connectivity index (χ4v) is 5.53. The Labute approximate surface area is 217 Å². The molecule has 1 heteroatoms. The van der Waals surface area contributed by atoms with Crippen LogP contribution in [0.3, 0.4) is 0 Å². The van der Waals surface area contributed by atoms with Gasteiger partial charge in [0.1, 0.15) is 0 Å². The first-order valence-electron chi connectivity index (χ1n) is 16.5. The van der Waals surface area contributed by atoms with Gasteiger partial charge in [-0.1, -0.05) is 194 Å². The number of rotatable bonds is 30. The molecule has 206 valence electrons. The molecular weight excluding hydrogens is 412 g/mol. The third-order valence-corrected chi connectivity index (χ3v) is 7.95. The molecule has 0 aromatic heterocycles. The Morgan fingerprint density at radius 3 is 0.824 bits per heavy atom. The molecule has 0 aromatic carbocycles. The molecule has 0 heterocycles. The first kappa shape index (κ1) is 34.0. The van der Waals surface area contributed by atoms with Crippen LogP contribution in [0.4, 0.5) is 0 Å². The van der Waals surface area contributed by atoms with Crippen molar-refractivity contribution in [2.45, 2.75) is 200 Å². The van der Waals surface area contributed by atoms with E-state index >= 15 is 0 Å². The van der Waals surface area contributed by atoms with E-state index in [-0.39, 0.29) is 0 Å². The average Bonchev–Trinajstić information content (AvgIpc) is 2.85. The second kappa shape index (κ2) is 31.0. The summed E-state index contributed by atoms with van der Waals surface area (Å²) in [4.78, 5) is 0. The minimum Gasteiger partial charge on any atom is -0.396 e. The van der Waals surface area contributed by atoms with Gasteiger partial charge in [-0.3, -0.25) is 0 Å². The van der Waals surface area contributed by atoms with Crippen molar-refractivity contribution in [2.24, 2.45) is 5.92 Å². The fourth-order valence-electron chi connectivity index (χ4n) is 5.53. The van der Waals surface area contributed by atoms with Crippen molar-refractivity contribution in [1.29, 1.82) is 0 Å². The lowest BCUT2D eigenvalue weighted by molar-refractivity contribution is 0.272. The molecule has 0 fully saturated rings. The summed E-state index contributed by atoms with van der Waals surface area (Å²) in [5.74, 6) is 0.929. The lowest BCUT2D eigenvalue weighted by atomic mass is 9.90. The highest BCUT2D eigenvalue weighted by molar-refractivity contribution is 4.62. The Hall–Kier alpha value is -0.0400. The van der Waals surface area contributed by atoms with Crippen LogP contribution in [0.5, 0.6) is 0 Å². The Kier molecular flexibility index (Phi) is 31.0. The number of unbranched alkanes of at least 4 members (excludes halogenated alkanes) is 23. The Morgan fingerprint density at radius 2 is 0.559 bits per heavy atom. The first-order chi connectivity index (χ1) is 16.8. The van der Waals surface area contributed by atoms with E-state index in [2.05, 4.69) is 13.8 Å². The van der Waals surface area contributed by atoms with E-state index in [1.54, 1.807) is 0 Å². The molecule has 34 heavy (non-hydrogen) atoms. The predicted molar refractivity (Wildman–Crippen MR) is 156 cm³/mol. The van der Waals surface area contributed by atoms with E-state index in [4.69, 9.17) is 5.11 Å². The number of hydrogen-bond acceptors (Lipinski definition) is 1. The van der Waals surface area contributed by atoms with Crippen LogP contribution < -0.4 is 0 Å². The lowest BCUT2D eigenvalue weighted by Crippen LogP contribution is -2.02. The zero-order valence-corrected chi connectivity index (χ0v) is 24.2. The summed E-state index contributed by atoms with van der Waals surface area (Å²) in [7, 11) is 0. The molecule has 0 spiro atoms. The predicted octanol–water partition coefficient (Wildman–Crippen LogP) is 11.9. The average molecular weight is 481 g/mol. The maximum atomic E-state index is 9.16. The Bertz CT molecular complexity index is 311. The van der Waals surface area contributed by atoms with Crippen molar-refractivity contribution in [3.8, 4) is 0 Å². The van der Waals surface area contributed by atoms with Gasteiger partial charge in [0, 0.05) is 6.61 Å². The molecule has 0 unspecified atom stereocenters. The molecule has 0 atom stereocenters. The van der Waals surface area contributed by atoms with E-state index in [9.17, 15) is 0 Å². The van der Waals surface area contributed by atoms with E-state index < -0.39 is 0 Å². The first-order valence-corrected chi connectivity index (χ1v) is 16.5. The zero-order chi connectivity index (χ0) is 24.8. The number of hydrogen-bond donors (Lipinski definition) is 1. The highest BCUT2D eigenvalue weighted by atomic mass is 16.2. The van der Waals surface area contributed by atoms with Gasteiger partial charge < -0.3 is 5.11 Å². The van der Waals surface area contributed by atoms with Crippen molar-refractivity contribution >= 4 is 0 Å². The summed E-state index contributed by atoms with van der Waals surface area (Å²) in [5.41, 5.74) is 0. The van der Waals surface area contributed by atoms with Gasteiger partial charge in [-0.25, -0.2) is 0 Å². The van der Waals surface area contributed by atoms with E-state index in [0.717, 1.165) is 12.3 Å². The molecule has 0 aliphatic heterocycles. The number of aliphatic hydroxyl groups is 1. The zero-order valence-electron chi connectivity index (χ0n) is 24.2. The van der Waals surface area contributed by atoms with Gasteiger partial charge in [0.25, 0.3) is 0 Å². The van der Waals surface area contributed by atoms with Gasteiger partial charge in [0.15, 0.2) is 0 Å². The molecule has 0 aliphatic carbocycles. The molecule has 1 nitrogen and oxygen atoms in total. The van der Waals surface area contributed by atoms with E-state index in [1.165, 1.54) is 180 Å². The maximum absolute atomic E-state index is 9.16. The molecule has 0 rings (SSSR count). The van der Waals surface area contributed by atoms with Crippen LogP contribution in [-0.2, 0) is 0 Å². The van der Waals surface area contributed by atoms with Crippen LogP contribution in [0.2, 0.25) is 0 Å². The van der Waals surface area contributed by atoms with Crippen LogP contribution in [-0.4, -0.2) is 11.7 Å². The van der Waals surface area contributed by atoms with Crippen LogP contribution >= 0.6 is 0 Å². The minimum atomic E-state index is 0.379. The Balaban J connectivity index is 3.58. The lowest BCUT2D eigenvalue weighted by Gasteiger charge is -2.17. The van der Waals surface area contributed by atoms with Crippen LogP contribution in [0, 0.1) is 5.92 Å². The van der Waals surface area contributed by atoms with E-state index in [0.29, 0.717) is 6.61 Å². The third kappa shape index (κ3) is 28.2.